The number of nitriles is 1. The van der Waals surface area contributed by atoms with Gasteiger partial charge in [-0.05, 0) is 49.1 Å². The molecule has 0 unspecified atom stereocenters. The van der Waals surface area contributed by atoms with Crippen molar-refractivity contribution in [2.75, 3.05) is 24.5 Å². The van der Waals surface area contributed by atoms with Crippen LogP contribution in [0.2, 0.25) is 0 Å². The third kappa shape index (κ3) is 5.05. The monoisotopic (exact) mass is 424 g/mol. The van der Waals surface area contributed by atoms with Gasteiger partial charge in [0.25, 0.3) is 0 Å². The zero-order chi connectivity index (χ0) is 21.1. The number of halogens is 3. The lowest BCUT2D eigenvalue weighted by Gasteiger charge is -2.33. The van der Waals surface area contributed by atoms with Crippen LogP contribution in [0.4, 0.5) is 19.0 Å². The van der Waals surface area contributed by atoms with E-state index in [1.165, 1.54) is 0 Å². The summed E-state index contributed by atoms with van der Waals surface area (Å²) < 4.78 is 65.7. The largest absolute Gasteiger partial charge is 0.416 e. The van der Waals surface area contributed by atoms with Crippen LogP contribution in [0.1, 0.15) is 24.0 Å². The fraction of sp³-hybridized carbons (Fsp3) is 0.368. The standard InChI is InChI=1S/C19H19F3N4O2S/c20-19(21,22)16-4-1-5-17(11-16)29(27,28)25-13-14-6-9-26(10-7-14)18-15(12-23)3-2-8-24-18/h1-5,8,11,14,25H,6-7,9-10,13H2. The number of aromatic nitrogens is 1. The van der Waals surface area contributed by atoms with E-state index in [-0.39, 0.29) is 12.5 Å². The first-order valence-electron chi connectivity index (χ1n) is 8.98. The van der Waals surface area contributed by atoms with Gasteiger partial charge in [-0.25, -0.2) is 18.1 Å². The first-order chi connectivity index (χ1) is 13.7. The third-order valence-electron chi connectivity index (χ3n) is 4.85. The second kappa shape index (κ2) is 8.39. The van der Waals surface area contributed by atoms with E-state index in [1.807, 2.05) is 4.90 Å². The lowest BCUT2D eigenvalue weighted by atomic mass is 9.97. The number of hydrogen-bond acceptors (Lipinski definition) is 5. The number of hydrogen-bond donors (Lipinski definition) is 1. The molecule has 0 radical (unpaired) electrons. The molecule has 1 saturated heterocycles. The van der Waals surface area contributed by atoms with Gasteiger partial charge in [-0.1, -0.05) is 6.07 Å². The molecule has 10 heteroatoms. The maximum Gasteiger partial charge on any atom is 0.416 e. The Hall–Kier alpha value is -2.64. The van der Waals surface area contributed by atoms with Crippen molar-refractivity contribution < 1.29 is 21.6 Å². The van der Waals surface area contributed by atoms with Gasteiger partial charge in [0.05, 0.1) is 16.0 Å². The molecule has 1 aliphatic rings. The summed E-state index contributed by atoms with van der Waals surface area (Å²) in [6.45, 7) is 1.36. The SMILES string of the molecule is N#Cc1cccnc1N1CCC(CNS(=O)(=O)c2cccc(C(F)(F)F)c2)CC1. The predicted octanol–water partition coefficient (Wildman–Crippen LogP) is 3.17. The van der Waals surface area contributed by atoms with Gasteiger partial charge in [0.15, 0.2) is 0 Å². The van der Waals surface area contributed by atoms with Crippen LogP contribution in [-0.2, 0) is 16.2 Å². The molecule has 3 rings (SSSR count). The Bertz CT molecular complexity index is 1010. The molecule has 2 aromatic rings. The van der Waals surface area contributed by atoms with Crippen molar-refractivity contribution in [2.45, 2.75) is 23.9 Å². The van der Waals surface area contributed by atoms with E-state index in [2.05, 4.69) is 15.8 Å². The molecule has 0 saturated carbocycles. The molecule has 6 nitrogen and oxygen atoms in total. The molecule has 1 aromatic heterocycles. The molecule has 0 spiro atoms. The normalized spacial score (nSPS) is 15.9. The molecule has 0 amide bonds. The summed E-state index contributed by atoms with van der Waals surface area (Å²) in [7, 11) is -4.04. The quantitative estimate of drug-likeness (QED) is 0.797. The molecule has 154 valence electrons. The third-order valence-corrected chi connectivity index (χ3v) is 6.28. The summed E-state index contributed by atoms with van der Waals surface area (Å²) in [6.07, 6.45) is -1.64. The van der Waals surface area contributed by atoms with Crippen molar-refractivity contribution in [3.05, 3.63) is 53.7 Å². The van der Waals surface area contributed by atoms with Crippen LogP contribution in [0.5, 0.6) is 0 Å². The number of benzene rings is 1. The van der Waals surface area contributed by atoms with E-state index in [9.17, 15) is 26.9 Å². The topological polar surface area (TPSA) is 86.1 Å². The summed E-state index contributed by atoms with van der Waals surface area (Å²) in [5.41, 5.74) is -0.520. The van der Waals surface area contributed by atoms with Gasteiger partial charge in [-0.3, -0.25) is 0 Å². The molecular weight excluding hydrogens is 405 g/mol. The Morgan fingerprint density at radius 3 is 2.59 bits per heavy atom. The molecule has 2 heterocycles. The van der Waals surface area contributed by atoms with E-state index in [0.29, 0.717) is 43.4 Å². The highest BCUT2D eigenvalue weighted by atomic mass is 32.2. The van der Waals surface area contributed by atoms with Crippen LogP contribution in [0, 0.1) is 17.2 Å². The lowest BCUT2D eigenvalue weighted by Crippen LogP contribution is -2.39. The molecular formula is C19H19F3N4O2S. The average molecular weight is 424 g/mol. The van der Waals surface area contributed by atoms with Gasteiger partial charge in [-0.2, -0.15) is 18.4 Å². The molecule has 29 heavy (non-hydrogen) atoms. The van der Waals surface area contributed by atoms with Gasteiger partial charge in [-0.15, -0.1) is 0 Å². The van der Waals surface area contributed by atoms with Crippen molar-refractivity contribution in [2.24, 2.45) is 5.92 Å². The minimum Gasteiger partial charge on any atom is -0.356 e. The van der Waals surface area contributed by atoms with Crippen LogP contribution in [0.25, 0.3) is 0 Å². The maximum absolute atomic E-state index is 12.8. The van der Waals surface area contributed by atoms with Crippen molar-refractivity contribution in [1.29, 1.82) is 5.26 Å². The van der Waals surface area contributed by atoms with Crippen LogP contribution in [0.3, 0.4) is 0 Å². The van der Waals surface area contributed by atoms with Gasteiger partial charge >= 0.3 is 6.18 Å². The van der Waals surface area contributed by atoms with Gasteiger partial charge in [0.1, 0.15) is 11.9 Å². The number of pyridine rings is 1. The van der Waals surface area contributed by atoms with E-state index < -0.39 is 26.7 Å². The Morgan fingerprint density at radius 2 is 1.93 bits per heavy atom. The fourth-order valence-corrected chi connectivity index (χ4v) is 4.40. The van der Waals surface area contributed by atoms with E-state index in [1.54, 1.807) is 18.3 Å². The fourth-order valence-electron chi connectivity index (χ4n) is 3.24. The smallest absolute Gasteiger partial charge is 0.356 e. The van der Waals surface area contributed by atoms with Crippen molar-refractivity contribution >= 4 is 15.8 Å². The second-order valence-corrected chi connectivity index (χ2v) is 8.56. The number of nitrogens with zero attached hydrogens (tertiary/aromatic N) is 3. The number of rotatable bonds is 5. The highest BCUT2D eigenvalue weighted by molar-refractivity contribution is 7.89. The molecule has 1 fully saturated rings. The molecule has 1 aromatic carbocycles. The summed E-state index contributed by atoms with van der Waals surface area (Å²) in [5, 5.41) is 9.19. The maximum atomic E-state index is 12.8. The molecule has 0 atom stereocenters. The minimum atomic E-state index is -4.61. The highest BCUT2D eigenvalue weighted by Crippen LogP contribution is 2.30. The van der Waals surface area contributed by atoms with E-state index >= 15 is 0 Å². The van der Waals surface area contributed by atoms with E-state index in [4.69, 9.17) is 0 Å². The van der Waals surface area contributed by atoms with Crippen LogP contribution in [-0.4, -0.2) is 33.0 Å². The molecule has 0 aliphatic carbocycles. The first-order valence-corrected chi connectivity index (χ1v) is 10.5. The lowest BCUT2D eigenvalue weighted by molar-refractivity contribution is -0.137. The number of anilines is 1. The number of alkyl halides is 3. The number of sulfonamides is 1. The Morgan fingerprint density at radius 1 is 1.21 bits per heavy atom. The number of piperidine rings is 1. The summed E-state index contributed by atoms with van der Waals surface area (Å²) in [6, 6.07) is 9.18. The summed E-state index contributed by atoms with van der Waals surface area (Å²) in [5.74, 6) is 0.652. The summed E-state index contributed by atoms with van der Waals surface area (Å²) >= 11 is 0. The van der Waals surface area contributed by atoms with Crippen molar-refractivity contribution in [3.63, 3.8) is 0 Å². The van der Waals surface area contributed by atoms with Crippen LogP contribution >= 0.6 is 0 Å². The van der Waals surface area contributed by atoms with Crippen LogP contribution in [0.15, 0.2) is 47.5 Å². The molecule has 0 bridgehead atoms. The first kappa shape index (κ1) is 21.1. The van der Waals surface area contributed by atoms with Gasteiger partial charge in [0, 0.05) is 25.8 Å². The zero-order valence-corrected chi connectivity index (χ0v) is 16.2. The highest BCUT2D eigenvalue weighted by Gasteiger charge is 2.32. The van der Waals surface area contributed by atoms with Gasteiger partial charge in [0.2, 0.25) is 10.0 Å². The Kier molecular flexibility index (Phi) is 6.10. The average Bonchev–Trinajstić information content (AvgIpc) is 2.72. The predicted molar refractivity (Wildman–Crippen MR) is 101 cm³/mol. The Balaban J connectivity index is 1.60. The van der Waals surface area contributed by atoms with Gasteiger partial charge < -0.3 is 4.90 Å². The summed E-state index contributed by atoms with van der Waals surface area (Å²) in [4.78, 5) is 5.83. The Labute approximate surface area is 167 Å². The molecule has 1 N–H and O–H groups in total. The molecule has 1 aliphatic heterocycles. The number of nitrogens with one attached hydrogen (secondary N) is 1. The van der Waals surface area contributed by atoms with Crippen molar-refractivity contribution in [1.82, 2.24) is 9.71 Å². The van der Waals surface area contributed by atoms with E-state index in [0.717, 1.165) is 18.2 Å². The van der Waals surface area contributed by atoms with Crippen molar-refractivity contribution in [3.8, 4) is 6.07 Å². The minimum absolute atomic E-state index is 0.0427. The second-order valence-electron chi connectivity index (χ2n) is 6.79. The zero-order valence-electron chi connectivity index (χ0n) is 15.4. The van der Waals surface area contributed by atoms with Crippen LogP contribution < -0.4 is 9.62 Å².